The molecule has 1 atom stereocenters. The van der Waals surface area contributed by atoms with Crippen molar-refractivity contribution in [3.63, 3.8) is 0 Å². The van der Waals surface area contributed by atoms with Gasteiger partial charge in [-0.1, -0.05) is 18.2 Å². The van der Waals surface area contributed by atoms with Gasteiger partial charge in [-0.05, 0) is 81.8 Å². The Labute approximate surface area is 221 Å². The molecule has 0 radical (unpaired) electrons. The van der Waals surface area contributed by atoms with Gasteiger partial charge in [-0.3, -0.25) is 14.5 Å². The third-order valence-corrected chi connectivity index (χ3v) is 5.95. The zero-order valence-electron chi connectivity index (χ0n) is 21.8. The van der Waals surface area contributed by atoms with Crippen LogP contribution in [0.1, 0.15) is 44.9 Å². The lowest BCUT2D eigenvalue weighted by atomic mass is 9.94. The number of Topliss-reactive ketones (excluding diaryl/α,β-unsaturated/α-hetero) is 1. The van der Waals surface area contributed by atoms with E-state index in [1.54, 1.807) is 67.6 Å². The van der Waals surface area contributed by atoms with Crippen LogP contribution in [-0.2, 0) is 9.59 Å². The smallest absolute Gasteiger partial charge is 0.300 e. The van der Waals surface area contributed by atoms with E-state index in [-0.39, 0.29) is 28.9 Å². The van der Waals surface area contributed by atoms with Crippen molar-refractivity contribution in [2.24, 2.45) is 0 Å². The Morgan fingerprint density at radius 1 is 0.921 bits per heavy atom. The molecule has 8 heteroatoms. The Morgan fingerprint density at radius 2 is 1.63 bits per heavy atom. The summed E-state index contributed by atoms with van der Waals surface area (Å²) in [5.41, 5.74) is 1.18. The minimum atomic E-state index is -0.984. The number of carbonyl (C=O) groups is 2. The summed E-state index contributed by atoms with van der Waals surface area (Å²) in [6.07, 6.45) is -0.0911. The van der Waals surface area contributed by atoms with Gasteiger partial charge in [-0.2, -0.15) is 0 Å². The van der Waals surface area contributed by atoms with E-state index in [4.69, 9.17) is 14.2 Å². The first kappa shape index (κ1) is 26.6. The summed E-state index contributed by atoms with van der Waals surface area (Å²) >= 11 is 0. The lowest BCUT2D eigenvalue weighted by Gasteiger charge is -2.26. The summed E-state index contributed by atoms with van der Waals surface area (Å²) in [7, 11) is 0. The van der Waals surface area contributed by atoms with E-state index in [1.807, 2.05) is 20.8 Å². The fraction of sp³-hybridized carbons (Fsp3) is 0.267. The molecule has 0 aromatic heterocycles. The number of aliphatic hydroxyl groups excluding tert-OH is 1. The minimum absolute atomic E-state index is 0.0767. The number of benzene rings is 3. The highest BCUT2D eigenvalue weighted by atomic mass is 16.5. The number of aliphatic hydroxyl groups is 1. The van der Waals surface area contributed by atoms with Crippen LogP contribution in [0.2, 0.25) is 0 Å². The number of ketones is 1. The molecule has 0 saturated carbocycles. The zero-order valence-corrected chi connectivity index (χ0v) is 21.8. The summed E-state index contributed by atoms with van der Waals surface area (Å²) in [5, 5.41) is 21.7. The molecule has 198 valence electrons. The van der Waals surface area contributed by atoms with Crippen molar-refractivity contribution in [1.29, 1.82) is 0 Å². The Morgan fingerprint density at radius 3 is 2.29 bits per heavy atom. The van der Waals surface area contributed by atoms with Gasteiger partial charge in [0.05, 0.1) is 30.9 Å². The van der Waals surface area contributed by atoms with E-state index in [2.05, 4.69) is 0 Å². The van der Waals surface area contributed by atoms with E-state index in [0.717, 1.165) is 0 Å². The summed E-state index contributed by atoms with van der Waals surface area (Å²) in [4.78, 5) is 28.2. The fourth-order valence-electron chi connectivity index (χ4n) is 4.40. The highest BCUT2D eigenvalue weighted by Gasteiger charge is 2.47. The highest BCUT2D eigenvalue weighted by molar-refractivity contribution is 6.51. The Balaban J connectivity index is 1.90. The van der Waals surface area contributed by atoms with Gasteiger partial charge in [0, 0.05) is 11.3 Å². The van der Waals surface area contributed by atoms with Gasteiger partial charge in [0.25, 0.3) is 11.7 Å². The van der Waals surface area contributed by atoms with Gasteiger partial charge < -0.3 is 24.4 Å². The molecular weight excluding hydrogens is 486 g/mol. The molecule has 4 rings (SSSR count). The highest BCUT2D eigenvalue weighted by Crippen LogP contribution is 2.44. The molecule has 1 aliphatic heterocycles. The van der Waals surface area contributed by atoms with Gasteiger partial charge in [-0.25, -0.2) is 0 Å². The molecule has 1 amide bonds. The van der Waals surface area contributed by atoms with Gasteiger partial charge in [0.2, 0.25) is 0 Å². The maximum absolute atomic E-state index is 13.5. The van der Waals surface area contributed by atoms with Crippen molar-refractivity contribution < 1.29 is 34.0 Å². The van der Waals surface area contributed by atoms with Crippen LogP contribution in [0, 0.1) is 0 Å². The predicted octanol–water partition coefficient (Wildman–Crippen LogP) is 5.60. The van der Waals surface area contributed by atoms with Crippen molar-refractivity contribution in [3.8, 4) is 23.0 Å². The van der Waals surface area contributed by atoms with Crippen molar-refractivity contribution >= 4 is 23.1 Å². The Bertz CT molecular complexity index is 1360. The molecule has 0 spiro atoms. The number of amides is 1. The van der Waals surface area contributed by atoms with Gasteiger partial charge in [0.15, 0.2) is 11.5 Å². The van der Waals surface area contributed by atoms with Gasteiger partial charge >= 0.3 is 0 Å². The normalized spacial score (nSPS) is 16.7. The molecule has 3 aromatic rings. The first-order valence-corrected chi connectivity index (χ1v) is 12.5. The monoisotopic (exact) mass is 517 g/mol. The van der Waals surface area contributed by atoms with Crippen molar-refractivity contribution in [3.05, 3.63) is 83.4 Å². The molecule has 8 nitrogen and oxygen atoms in total. The number of phenolic OH excluding ortho intramolecular Hbond substituents is 1. The molecule has 38 heavy (non-hydrogen) atoms. The zero-order chi connectivity index (χ0) is 27.4. The standard InChI is InChI=1S/C30H31NO7/c1-5-36-22-13-11-21(12-14-22)31-27(19-10-15-24(32)25(17-19)37-6-2)26(29(34)30(31)35)28(33)20-8-7-9-23(16-20)38-18(3)4/h7-18,27,32-33H,5-6H2,1-4H3/b28-26-. The maximum atomic E-state index is 13.5. The van der Waals surface area contributed by atoms with Gasteiger partial charge in [-0.15, -0.1) is 0 Å². The average molecular weight is 518 g/mol. The molecule has 1 aliphatic rings. The van der Waals surface area contributed by atoms with E-state index in [1.165, 1.54) is 11.0 Å². The number of anilines is 1. The van der Waals surface area contributed by atoms with E-state index >= 15 is 0 Å². The molecule has 3 aromatic carbocycles. The first-order valence-electron chi connectivity index (χ1n) is 12.5. The quantitative estimate of drug-likeness (QED) is 0.216. The molecule has 1 heterocycles. The van der Waals surface area contributed by atoms with E-state index in [0.29, 0.717) is 41.5 Å². The second-order valence-electron chi connectivity index (χ2n) is 8.95. The molecular formula is C30H31NO7. The Kier molecular flexibility index (Phi) is 7.90. The number of aromatic hydroxyl groups is 1. The van der Waals surface area contributed by atoms with E-state index in [9.17, 15) is 19.8 Å². The lowest BCUT2D eigenvalue weighted by molar-refractivity contribution is -0.132. The number of nitrogens with zero attached hydrogens (tertiary/aromatic N) is 1. The number of carbonyl (C=O) groups excluding carboxylic acids is 2. The number of phenols is 1. The number of hydrogen-bond acceptors (Lipinski definition) is 7. The second kappa shape index (κ2) is 11.3. The van der Waals surface area contributed by atoms with Crippen molar-refractivity contribution in [1.82, 2.24) is 0 Å². The lowest BCUT2D eigenvalue weighted by Crippen LogP contribution is -2.29. The third-order valence-electron chi connectivity index (χ3n) is 5.95. The molecule has 1 fully saturated rings. The van der Waals surface area contributed by atoms with Crippen LogP contribution < -0.4 is 19.1 Å². The maximum Gasteiger partial charge on any atom is 0.300 e. The number of ether oxygens (including phenoxy) is 3. The summed E-state index contributed by atoms with van der Waals surface area (Å²) < 4.78 is 16.8. The summed E-state index contributed by atoms with van der Waals surface area (Å²) in [5.74, 6) is -0.688. The van der Waals surface area contributed by atoms with Crippen LogP contribution >= 0.6 is 0 Å². The van der Waals surface area contributed by atoms with Crippen LogP contribution in [0.4, 0.5) is 5.69 Å². The fourth-order valence-corrected chi connectivity index (χ4v) is 4.40. The van der Waals surface area contributed by atoms with E-state index < -0.39 is 17.7 Å². The van der Waals surface area contributed by atoms with Crippen LogP contribution in [0.5, 0.6) is 23.0 Å². The summed E-state index contributed by atoms with van der Waals surface area (Å²) in [6.45, 7) is 8.21. The molecule has 1 saturated heterocycles. The number of rotatable bonds is 9. The second-order valence-corrected chi connectivity index (χ2v) is 8.95. The van der Waals surface area contributed by atoms with Crippen LogP contribution in [-0.4, -0.2) is 41.2 Å². The Hall–Kier alpha value is -4.46. The van der Waals surface area contributed by atoms with Crippen LogP contribution in [0.3, 0.4) is 0 Å². The molecule has 0 bridgehead atoms. The predicted molar refractivity (Wildman–Crippen MR) is 144 cm³/mol. The SMILES string of the molecule is CCOc1ccc(N2C(=O)C(=O)/C(=C(\O)c3cccc(OC(C)C)c3)C2c2ccc(O)c(OCC)c2)cc1. The van der Waals surface area contributed by atoms with Crippen LogP contribution in [0.25, 0.3) is 5.76 Å². The largest absolute Gasteiger partial charge is 0.507 e. The average Bonchev–Trinajstić information content (AvgIpc) is 3.16. The summed E-state index contributed by atoms with van der Waals surface area (Å²) in [6, 6.07) is 17.1. The molecule has 0 aliphatic carbocycles. The van der Waals surface area contributed by atoms with Gasteiger partial charge in [0.1, 0.15) is 17.3 Å². The first-order chi connectivity index (χ1) is 18.2. The minimum Gasteiger partial charge on any atom is -0.507 e. The number of hydrogen-bond donors (Lipinski definition) is 2. The van der Waals surface area contributed by atoms with Crippen molar-refractivity contribution in [2.75, 3.05) is 18.1 Å². The topological polar surface area (TPSA) is 106 Å². The van der Waals surface area contributed by atoms with Crippen LogP contribution in [0.15, 0.2) is 72.3 Å². The molecule has 1 unspecified atom stereocenters. The molecule has 2 N–H and O–H groups in total. The third kappa shape index (κ3) is 5.29. The van der Waals surface area contributed by atoms with Crippen molar-refractivity contribution in [2.45, 2.75) is 39.8 Å².